The number of fused-ring (bicyclic) bond motifs is 3. The molecule has 1 aromatic heterocycles. The topological polar surface area (TPSA) is 74.6 Å². The maximum atomic E-state index is 13.2. The molecule has 2 atom stereocenters. The summed E-state index contributed by atoms with van der Waals surface area (Å²) in [6, 6.07) is 16.5. The number of likely N-dealkylation sites (N-methyl/N-ethyl adjacent to an activating group) is 2. The Morgan fingerprint density at radius 3 is 2.42 bits per heavy atom. The summed E-state index contributed by atoms with van der Waals surface area (Å²) in [4.78, 5) is 30.7. The summed E-state index contributed by atoms with van der Waals surface area (Å²) in [6.45, 7) is 0.563. The van der Waals surface area contributed by atoms with Crippen LogP contribution in [0.2, 0.25) is 5.02 Å². The Labute approximate surface area is 184 Å². The number of urea groups is 1. The lowest BCUT2D eigenvalue weighted by Gasteiger charge is -2.40. The third kappa shape index (κ3) is 2.97. The molecule has 1 saturated heterocycles. The van der Waals surface area contributed by atoms with Gasteiger partial charge in [-0.3, -0.25) is 14.3 Å². The zero-order chi connectivity index (χ0) is 21.7. The molecule has 0 aliphatic carbocycles. The third-order valence-corrected chi connectivity index (χ3v) is 6.32. The first-order valence-electron chi connectivity index (χ1n) is 10.0. The minimum absolute atomic E-state index is 0.253. The maximum absolute atomic E-state index is 13.2. The van der Waals surface area contributed by atoms with Gasteiger partial charge in [0.15, 0.2) is 11.9 Å². The smallest absolute Gasteiger partial charge is 0.325 e. The van der Waals surface area contributed by atoms with E-state index in [1.807, 2.05) is 45.9 Å². The van der Waals surface area contributed by atoms with E-state index in [1.54, 1.807) is 18.0 Å². The largest absolute Gasteiger partial charge is 0.327 e. The molecule has 158 valence electrons. The van der Waals surface area contributed by atoms with Crippen LogP contribution in [0.1, 0.15) is 11.7 Å². The van der Waals surface area contributed by atoms with Crippen molar-refractivity contribution in [2.45, 2.75) is 18.6 Å². The van der Waals surface area contributed by atoms with Crippen LogP contribution in [0.25, 0.3) is 11.4 Å². The van der Waals surface area contributed by atoms with Crippen molar-refractivity contribution in [1.29, 1.82) is 0 Å². The van der Waals surface area contributed by atoms with E-state index >= 15 is 0 Å². The van der Waals surface area contributed by atoms with Crippen LogP contribution < -0.4 is 4.90 Å². The summed E-state index contributed by atoms with van der Waals surface area (Å²) in [7, 11) is 3.21. The van der Waals surface area contributed by atoms with Gasteiger partial charge < -0.3 is 9.80 Å². The molecule has 2 aliphatic heterocycles. The third-order valence-electron chi connectivity index (χ3n) is 5.99. The predicted octanol–water partition coefficient (Wildman–Crippen LogP) is 3.05. The van der Waals surface area contributed by atoms with Gasteiger partial charge in [-0.2, -0.15) is 0 Å². The molecule has 0 saturated carbocycles. The molecule has 8 nitrogen and oxygen atoms in total. The Kier molecular flexibility index (Phi) is 4.66. The maximum Gasteiger partial charge on any atom is 0.327 e. The standard InChI is InChI=1S/C22H21ClN6O2/c1-26-19-17(20(30)27(2)22(26)31)28(13-12-14-8-4-3-5-9-14)21-25-24-18(29(19)21)15-10-6-7-11-16(15)23/h3-11,17,19H,12-13H2,1-2H3. The van der Waals surface area contributed by atoms with Crippen molar-refractivity contribution in [3.8, 4) is 11.4 Å². The van der Waals surface area contributed by atoms with Crippen LogP contribution >= 0.6 is 11.6 Å². The zero-order valence-corrected chi connectivity index (χ0v) is 17.9. The Bertz CT molecular complexity index is 1160. The highest BCUT2D eigenvalue weighted by Crippen LogP contribution is 2.43. The van der Waals surface area contributed by atoms with E-state index in [0.717, 1.165) is 12.0 Å². The van der Waals surface area contributed by atoms with Gasteiger partial charge >= 0.3 is 6.03 Å². The van der Waals surface area contributed by atoms with Crippen LogP contribution in [-0.2, 0) is 11.2 Å². The highest BCUT2D eigenvalue weighted by atomic mass is 35.5. The summed E-state index contributed by atoms with van der Waals surface area (Å²) >= 11 is 6.44. The number of anilines is 1. The number of imide groups is 1. The van der Waals surface area contributed by atoms with E-state index in [4.69, 9.17) is 11.6 Å². The van der Waals surface area contributed by atoms with Gasteiger partial charge in [-0.15, -0.1) is 10.2 Å². The molecular weight excluding hydrogens is 416 g/mol. The van der Waals surface area contributed by atoms with Crippen LogP contribution in [0.4, 0.5) is 10.7 Å². The Balaban J connectivity index is 1.61. The molecule has 2 aliphatic rings. The lowest BCUT2D eigenvalue weighted by Crippen LogP contribution is -2.61. The van der Waals surface area contributed by atoms with Gasteiger partial charge in [-0.1, -0.05) is 54.1 Å². The summed E-state index contributed by atoms with van der Waals surface area (Å²) < 4.78 is 1.86. The number of aromatic nitrogens is 3. The Hall–Kier alpha value is -3.39. The molecular formula is C22H21ClN6O2. The second-order valence-corrected chi connectivity index (χ2v) is 8.16. The summed E-state index contributed by atoms with van der Waals surface area (Å²) in [5.41, 5.74) is 1.86. The number of carbonyl (C=O) groups is 2. The van der Waals surface area contributed by atoms with Crippen LogP contribution in [0, 0.1) is 0 Å². The van der Waals surface area contributed by atoms with E-state index in [1.165, 1.54) is 11.9 Å². The predicted molar refractivity (Wildman–Crippen MR) is 117 cm³/mol. The number of amides is 3. The zero-order valence-electron chi connectivity index (χ0n) is 17.1. The molecule has 3 amide bonds. The van der Waals surface area contributed by atoms with Gasteiger partial charge in [0.1, 0.15) is 6.17 Å². The molecule has 3 heterocycles. The average Bonchev–Trinajstić information content (AvgIpc) is 3.34. The van der Waals surface area contributed by atoms with Gasteiger partial charge in [0.25, 0.3) is 5.91 Å². The van der Waals surface area contributed by atoms with Crippen molar-refractivity contribution in [2.24, 2.45) is 0 Å². The van der Waals surface area contributed by atoms with Crippen molar-refractivity contribution < 1.29 is 9.59 Å². The van der Waals surface area contributed by atoms with Gasteiger partial charge in [-0.25, -0.2) is 4.79 Å². The van der Waals surface area contributed by atoms with E-state index in [-0.39, 0.29) is 11.9 Å². The van der Waals surface area contributed by atoms with E-state index in [0.29, 0.717) is 28.9 Å². The van der Waals surface area contributed by atoms with Crippen molar-refractivity contribution in [3.63, 3.8) is 0 Å². The van der Waals surface area contributed by atoms with Crippen molar-refractivity contribution >= 4 is 29.5 Å². The van der Waals surface area contributed by atoms with Crippen LogP contribution in [0.5, 0.6) is 0 Å². The number of nitrogens with zero attached hydrogens (tertiary/aromatic N) is 6. The molecule has 0 bridgehead atoms. The van der Waals surface area contributed by atoms with E-state index in [9.17, 15) is 9.59 Å². The fourth-order valence-electron chi connectivity index (χ4n) is 4.40. The fourth-order valence-corrected chi connectivity index (χ4v) is 4.62. The van der Waals surface area contributed by atoms with Crippen molar-refractivity contribution in [2.75, 3.05) is 25.5 Å². The van der Waals surface area contributed by atoms with E-state index in [2.05, 4.69) is 22.3 Å². The number of hydrogen-bond acceptors (Lipinski definition) is 5. The van der Waals surface area contributed by atoms with E-state index < -0.39 is 12.2 Å². The van der Waals surface area contributed by atoms with Gasteiger partial charge in [-0.05, 0) is 24.1 Å². The molecule has 2 unspecified atom stereocenters. The second-order valence-electron chi connectivity index (χ2n) is 7.75. The molecule has 3 aromatic rings. The van der Waals surface area contributed by atoms with Gasteiger partial charge in [0, 0.05) is 26.2 Å². The number of carbonyl (C=O) groups excluding carboxylic acids is 2. The van der Waals surface area contributed by atoms with Gasteiger partial charge in [0.2, 0.25) is 5.95 Å². The minimum atomic E-state index is -0.580. The van der Waals surface area contributed by atoms with Crippen LogP contribution in [0.15, 0.2) is 54.6 Å². The Morgan fingerprint density at radius 2 is 1.68 bits per heavy atom. The number of halogens is 1. The quantitative estimate of drug-likeness (QED) is 0.628. The highest BCUT2D eigenvalue weighted by Gasteiger charge is 2.54. The molecule has 9 heteroatoms. The van der Waals surface area contributed by atoms with Crippen LogP contribution in [0.3, 0.4) is 0 Å². The summed E-state index contributed by atoms with van der Waals surface area (Å²) in [5.74, 6) is 0.843. The molecule has 0 spiro atoms. The Morgan fingerprint density at radius 1 is 0.968 bits per heavy atom. The number of benzene rings is 2. The number of rotatable bonds is 4. The summed E-state index contributed by atoms with van der Waals surface area (Å²) in [6.07, 6.45) is 0.177. The second kappa shape index (κ2) is 7.39. The van der Waals surface area contributed by atoms with Crippen molar-refractivity contribution in [3.05, 3.63) is 65.2 Å². The fraction of sp³-hybridized carbons (Fsp3) is 0.273. The number of hydrogen-bond donors (Lipinski definition) is 0. The SMILES string of the molecule is CN1C(=O)C2C(N(C)C1=O)n1c(-c3ccccc3Cl)nnc1N2CCc1ccccc1. The van der Waals surface area contributed by atoms with Crippen LogP contribution in [-0.4, -0.2) is 63.2 Å². The molecule has 5 rings (SSSR count). The molecule has 1 fully saturated rings. The summed E-state index contributed by atoms with van der Waals surface area (Å²) in [5, 5.41) is 9.35. The first-order valence-corrected chi connectivity index (χ1v) is 10.4. The normalized spacial score (nSPS) is 20.3. The minimum Gasteiger partial charge on any atom is -0.325 e. The molecule has 0 N–H and O–H groups in total. The lowest BCUT2D eigenvalue weighted by atomic mass is 10.1. The molecule has 2 aromatic carbocycles. The first-order chi connectivity index (χ1) is 15.0. The van der Waals surface area contributed by atoms with Gasteiger partial charge in [0.05, 0.1) is 5.02 Å². The highest BCUT2D eigenvalue weighted by molar-refractivity contribution is 6.33. The lowest BCUT2D eigenvalue weighted by molar-refractivity contribution is -0.133. The first kappa shape index (κ1) is 19.6. The molecule has 0 radical (unpaired) electrons. The monoisotopic (exact) mass is 436 g/mol. The van der Waals surface area contributed by atoms with Crippen molar-refractivity contribution in [1.82, 2.24) is 24.6 Å². The average molecular weight is 437 g/mol. The molecule has 31 heavy (non-hydrogen) atoms.